The second-order valence-corrected chi connectivity index (χ2v) is 4.83. The number of carbonyl (C=O) groups is 1. The molecule has 0 aliphatic rings. The molecule has 3 nitrogen and oxygen atoms in total. The molecule has 20 heavy (non-hydrogen) atoms. The molecule has 1 aromatic heterocycles. The minimum atomic E-state index is -3.03. The zero-order valence-electron chi connectivity index (χ0n) is 11.7. The van der Waals surface area contributed by atoms with Crippen LogP contribution in [0.15, 0.2) is 30.3 Å². The van der Waals surface area contributed by atoms with E-state index in [2.05, 4.69) is 5.10 Å². The van der Waals surface area contributed by atoms with E-state index >= 15 is 0 Å². The molecule has 106 valence electrons. The molecule has 0 bridgehead atoms. The van der Waals surface area contributed by atoms with Crippen LogP contribution in [0.4, 0.5) is 8.78 Å². The van der Waals surface area contributed by atoms with Gasteiger partial charge < -0.3 is 0 Å². The molecule has 0 fully saturated rings. The average Bonchev–Trinajstić information content (AvgIpc) is 2.64. The van der Waals surface area contributed by atoms with Crippen LogP contribution in [0.5, 0.6) is 0 Å². The topological polar surface area (TPSA) is 34.9 Å². The van der Waals surface area contributed by atoms with E-state index in [0.29, 0.717) is 17.0 Å². The number of benzene rings is 1. The molecule has 2 aromatic rings. The van der Waals surface area contributed by atoms with E-state index in [1.807, 2.05) is 0 Å². The third-order valence-electron chi connectivity index (χ3n) is 3.28. The van der Waals surface area contributed by atoms with Gasteiger partial charge in [0.05, 0.1) is 11.3 Å². The summed E-state index contributed by atoms with van der Waals surface area (Å²) in [6.07, 6.45) is 0. The van der Waals surface area contributed by atoms with E-state index < -0.39 is 12.5 Å². The van der Waals surface area contributed by atoms with Gasteiger partial charge >= 0.3 is 0 Å². The first-order chi connectivity index (χ1) is 9.33. The Labute approximate surface area is 116 Å². The van der Waals surface area contributed by atoms with Crippen molar-refractivity contribution in [1.82, 2.24) is 9.78 Å². The SMILES string of the molecule is CC(=O)c1c(C)nn(CC(F)(F)c2ccccc2)c1C. The third kappa shape index (κ3) is 2.61. The Kier molecular flexibility index (Phi) is 3.70. The molecule has 0 unspecified atom stereocenters. The van der Waals surface area contributed by atoms with Gasteiger partial charge in [-0.25, -0.2) is 0 Å². The highest BCUT2D eigenvalue weighted by molar-refractivity contribution is 5.96. The van der Waals surface area contributed by atoms with Gasteiger partial charge in [-0.3, -0.25) is 9.48 Å². The summed E-state index contributed by atoms with van der Waals surface area (Å²) in [6, 6.07) is 7.61. The Morgan fingerprint density at radius 1 is 1.25 bits per heavy atom. The quantitative estimate of drug-likeness (QED) is 0.802. The van der Waals surface area contributed by atoms with Crippen molar-refractivity contribution >= 4 is 5.78 Å². The van der Waals surface area contributed by atoms with Crippen LogP contribution < -0.4 is 0 Å². The smallest absolute Gasteiger partial charge is 0.292 e. The molecule has 0 saturated heterocycles. The molecule has 0 saturated carbocycles. The Morgan fingerprint density at radius 3 is 2.35 bits per heavy atom. The monoisotopic (exact) mass is 278 g/mol. The summed E-state index contributed by atoms with van der Waals surface area (Å²) in [5.41, 5.74) is 1.33. The second kappa shape index (κ2) is 5.15. The molecule has 1 heterocycles. The van der Waals surface area contributed by atoms with Gasteiger partial charge in [0, 0.05) is 11.3 Å². The lowest BCUT2D eigenvalue weighted by atomic mass is 10.1. The maximum atomic E-state index is 14.2. The lowest BCUT2D eigenvalue weighted by molar-refractivity contribution is -0.0260. The number of Topliss-reactive ketones (excluding diaryl/α,β-unsaturated/α-hetero) is 1. The highest BCUT2D eigenvalue weighted by Crippen LogP contribution is 2.30. The van der Waals surface area contributed by atoms with Crippen LogP contribution >= 0.6 is 0 Å². The highest BCUT2D eigenvalue weighted by Gasteiger charge is 2.33. The van der Waals surface area contributed by atoms with Gasteiger partial charge in [0.2, 0.25) is 0 Å². The molecule has 5 heteroatoms. The van der Waals surface area contributed by atoms with Crippen molar-refractivity contribution in [1.29, 1.82) is 0 Å². The molecular weight excluding hydrogens is 262 g/mol. The Morgan fingerprint density at radius 2 is 1.85 bits per heavy atom. The van der Waals surface area contributed by atoms with Crippen LogP contribution in [0.2, 0.25) is 0 Å². The molecule has 0 amide bonds. The predicted molar refractivity (Wildman–Crippen MR) is 72.0 cm³/mol. The van der Waals surface area contributed by atoms with Crippen molar-refractivity contribution in [3.63, 3.8) is 0 Å². The maximum absolute atomic E-state index is 14.2. The number of ketones is 1. The molecule has 0 N–H and O–H groups in total. The summed E-state index contributed by atoms with van der Waals surface area (Å²) in [5, 5.41) is 4.06. The normalized spacial score (nSPS) is 11.7. The first kappa shape index (κ1) is 14.4. The molecular formula is C15H16F2N2O. The summed E-state index contributed by atoms with van der Waals surface area (Å²) < 4.78 is 29.6. The fourth-order valence-electron chi connectivity index (χ4n) is 2.32. The number of hydrogen-bond donors (Lipinski definition) is 0. The lowest BCUT2D eigenvalue weighted by Gasteiger charge is -2.17. The number of nitrogens with zero attached hydrogens (tertiary/aromatic N) is 2. The number of halogens is 2. The number of aryl methyl sites for hydroxylation is 1. The summed E-state index contributed by atoms with van der Waals surface area (Å²) in [4.78, 5) is 11.5. The molecule has 0 aliphatic heterocycles. The number of carbonyl (C=O) groups excluding carboxylic acids is 1. The van der Waals surface area contributed by atoms with E-state index in [1.54, 1.807) is 32.0 Å². The van der Waals surface area contributed by atoms with Crippen molar-refractivity contribution in [2.24, 2.45) is 0 Å². The number of aromatic nitrogens is 2. The molecule has 0 atom stereocenters. The van der Waals surface area contributed by atoms with Crippen molar-refractivity contribution in [2.75, 3.05) is 0 Å². The molecule has 2 rings (SSSR count). The first-order valence-electron chi connectivity index (χ1n) is 6.31. The van der Waals surface area contributed by atoms with Crippen molar-refractivity contribution in [2.45, 2.75) is 33.2 Å². The van der Waals surface area contributed by atoms with Crippen molar-refractivity contribution < 1.29 is 13.6 Å². The molecule has 1 aromatic carbocycles. The fourth-order valence-corrected chi connectivity index (χ4v) is 2.32. The van der Waals surface area contributed by atoms with Crippen LogP contribution in [-0.2, 0) is 12.5 Å². The minimum absolute atomic E-state index is 0.0584. The van der Waals surface area contributed by atoms with E-state index in [-0.39, 0.29) is 11.3 Å². The van der Waals surface area contributed by atoms with E-state index in [0.717, 1.165) is 0 Å². The van der Waals surface area contributed by atoms with Gasteiger partial charge in [-0.15, -0.1) is 0 Å². The van der Waals surface area contributed by atoms with Gasteiger partial charge in [0.25, 0.3) is 5.92 Å². The van der Waals surface area contributed by atoms with Gasteiger partial charge in [-0.2, -0.15) is 13.9 Å². The zero-order valence-corrected chi connectivity index (χ0v) is 11.7. The second-order valence-electron chi connectivity index (χ2n) is 4.83. The van der Waals surface area contributed by atoms with E-state index in [4.69, 9.17) is 0 Å². The summed E-state index contributed by atoms with van der Waals surface area (Å²) in [5.74, 6) is -3.19. The standard InChI is InChI=1S/C15H16F2N2O/c1-10-14(12(3)20)11(2)19(18-10)9-15(16,17)13-7-5-4-6-8-13/h4-8H,9H2,1-3H3. The Balaban J connectivity index is 2.35. The van der Waals surface area contributed by atoms with Gasteiger partial charge in [0.1, 0.15) is 6.54 Å². The highest BCUT2D eigenvalue weighted by atomic mass is 19.3. The number of alkyl halides is 2. The summed E-state index contributed by atoms with van der Waals surface area (Å²) >= 11 is 0. The zero-order chi connectivity index (χ0) is 14.9. The predicted octanol–water partition coefficient (Wildman–Crippen LogP) is 3.49. The van der Waals surface area contributed by atoms with Gasteiger partial charge in [-0.1, -0.05) is 30.3 Å². The number of hydrogen-bond acceptors (Lipinski definition) is 2. The first-order valence-corrected chi connectivity index (χ1v) is 6.31. The minimum Gasteiger partial charge on any atom is -0.294 e. The number of rotatable bonds is 4. The van der Waals surface area contributed by atoms with Crippen LogP contribution in [-0.4, -0.2) is 15.6 Å². The fraction of sp³-hybridized carbons (Fsp3) is 0.333. The van der Waals surface area contributed by atoms with Gasteiger partial charge in [0.15, 0.2) is 5.78 Å². The van der Waals surface area contributed by atoms with E-state index in [9.17, 15) is 13.6 Å². The van der Waals surface area contributed by atoms with Crippen LogP contribution in [0, 0.1) is 13.8 Å². The third-order valence-corrected chi connectivity index (χ3v) is 3.28. The van der Waals surface area contributed by atoms with Crippen molar-refractivity contribution in [3.05, 3.63) is 52.8 Å². The Bertz CT molecular complexity index is 633. The largest absolute Gasteiger partial charge is 0.294 e. The van der Waals surface area contributed by atoms with Crippen molar-refractivity contribution in [3.8, 4) is 0 Å². The Hall–Kier alpha value is -2.04. The summed E-state index contributed by atoms with van der Waals surface area (Å²) in [6.45, 7) is 4.13. The van der Waals surface area contributed by atoms with Crippen LogP contribution in [0.25, 0.3) is 0 Å². The summed E-state index contributed by atoms with van der Waals surface area (Å²) in [7, 11) is 0. The van der Waals surface area contributed by atoms with Crippen LogP contribution in [0.1, 0.15) is 34.2 Å². The van der Waals surface area contributed by atoms with Gasteiger partial charge in [-0.05, 0) is 20.8 Å². The lowest BCUT2D eigenvalue weighted by Crippen LogP contribution is -2.23. The molecule has 0 spiro atoms. The molecule has 0 radical (unpaired) electrons. The van der Waals surface area contributed by atoms with Crippen LogP contribution in [0.3, 0.4) is 0 Å². The maximum Gasteiger partial charge on any atom is 0.292 e. The molecule has 0 aliphatic carbocycles. The average molecular weight is 278 g/mol. The van der Waals surface area contributed by atoms with E-state index in [1.165, 1.54) is 23.7 Å².